The first-order valence-corrected chi connectivity index (χ1v) is 5.78. The molecule has 0 bridgehead atoms. The molecule has 0 saturated carbocycles. The lowest BCUT2D eigenvalue weighted by molar-refractivity contribution is -0.119. The highest BCUT2D eigenvalue weighted by atomic mass is 35.5. The van der Waals surface area contributed by atoms with Gasteiger partial charge < -0.3 is 10.2 Å². The lowest BCUT2D eigenvalue weighted by atomic mass is 10.2. The van der Waals surface area contributed by atoms with Crippen LogP contribution in [0, 0.1) is 0 Å². The summed E-state index contributed by atoms with van der Waals surface area (Å²) in [6.07, 6.45) is 0. The lowest BCUT2D eigenvalue weighted by Gasteiger charge is -2.18. The van der Waals surface area contributed by atoms with Gasteiger partial charge in [0.15, 0.2) is 0 Å². The van der Waals surface area contributed by atoms with Crippen molar-refractivity contribution in [2.45, 2.75) is 19.8 Å². The molecule has 1 rings (SSSR count). The zero-order chi connectivity index (χ0) is 13.0. The normalized spacial score (nSPS) is 10.5. The molecular weight excluding hydrogens is 240 g/mol. The van der Waals surface area contributed by atoms with Crippen molar-refractivity contribution in [2.75, 3.05) is 25.5 Å². The van der Waals surface area contributed by atoms with Crippen LogP contribution in [0.4, 0.5) is 5.82 Å². The molecule has 1 amide bonds. The fourth-order valence-electron chi connectivity index (χ4n) is 1.25. The standard InChI is InChI=1S/C11H17ClN4O/c1-7(2)11-14-8(12)5-9(15-11)16(4)6-10(17)13-3/h5,7H,6H2,1-4H3,(H,13,17). The molecule has 94 valence electrons. The number of nitrogens with one attached hydrogen (secondary N) is 1. The van der Waals surface area contributed by atoms with Crippen LogP contribution < -0.4 is 10.2 Å². The van der Waals surface area contributed by atoms with Gasteiger partial charge in [0.2, 0.25) is 5.91 Å². The molecule has 0 spiro atoms. The van der Waals surface area contributed by atoms with Gasteiger partial charge in [-0.2, -0.15) is 0 Å². The molecule has 0 atom stereocenters. The first-order valence-electron chi connectivity index (χ1n) is 5.40. The third kappa shape index (κ3) is 3.85. The maximum Gasteiger partial charge on any atom is 0.239 e. The Balaban J connectivity index is 2.93. The van der Waals surface area contributed by atoms with Gasteiger partial charge in [0.1, 0.15) is 16.8 Å². The minimum Gasteiger partial charge on any atom is -0.358 e. The number of anilines is 1. The number of aromatic nitrogens is 2. The van der Waals surface area contributed by atoms with E-state index in [-0.39, 0.29) is 18.4 Å². The van der Waals surface area contributed by atoms with E-state index < -0.39 is 0 Å². The highest BCUT2D eigenvalue weighted by Crippen LogP contribution is 2.18. The molecule has 1 heterocycles. The smallest absolute Gasteiger partial charge is 0.239 e. The van der Waals surface area contributed by atoms with Gasteiger partial charge in [0, 0.05) is 26.1 Å². The van der Waals surface area contributed by atoms with Crippen LogP contribution in [-0.2, 0) is 4.79 Å². The van der Waals surface area contributed by atoms with Crippen molar-refractivity contribution in [2.24, 2.45) is 0 Å². The molecule has 0 unspecified atom stereocenters. The van der Waals surface area contributed by atoms with Crippen molar-refractivity contribution in [3.8, 4) is 0 Å². The zero-order valence-corrected chi connectivity index (χ0v) is 11.2. The van der Waals surface area contributed by atoms with Crippen LogP contribution in [0.15, 0.2) is 6.07 Å². The number of halogens is 1. The van der Waals surface area contributed by atoms with Crippen LogP contribution in [0.5, 0.6) is 0 Å². The van der Waals surface area contributed by atoms with Gasteiger partial charge in [0.25, 0.3) is 0 Å². The summed E-state index contributed by atoms with van der Waals surface area (Å²) in [4.78, 5) is 21.5. The molecule has 0 aromatic carbocycles. The second-order valence-corrected chi connectivity index (χ2v) is 4.48. The van der Waals surface area contributed by atoms with Crippen LogP contribution in [0.3, 0.4) is 0 Å². The largest absolute Gasteiger partial charge is 0.358 e. The van der Waals surface area contributed by atoms with Crippen molar-refractivity contribution in [1.29, 1.82) is 0 Å². The van der Waals surface area contributed by atoms with E-state index in [1.165, 1.54) is 0 Å². The summed E-state index contributed by atoms with van der Waals surface area (Å²) in [7, 11) is 3.39. The molecule has 17 heavy (non-hydrogen) atoms. The maximum atomic E-state index is 11.3. The van der Waals surface area contributed by atoms with Gasteiger partial charge in [-0.05, 0) is 0 Å². The van der Waals surface area contributed by atoms with E-state index in [0.717, 1.165) is 0 Å². The van der Waals surface area contributed by atoms with Gasteiger partial charge in [-0.1, -0.05) is 25.4 Å². The maximum absolute atomic E-state index is 11.3. The van der Waals surface area contributed by atoms with Crippen molar-refractivity contribution >= 4 is 23.3 Å². The van der Waals surface area contributed by atoms with Gasteiger partial charge in [0.05, 0.1) is 6.54 Å². The molecule has 5 nitrogen and oxygen atoms in total. The van der Waals surface area contributed by atoms with E-state index in [2.05, 4.69) is 15.3 Å². The molecular formula is C11H17ClN4O. The summed E-state index contributed by atoms with van der Waals surface area (Å²) >= 11 is 5.93. The summed E-state index contributed by atoms with van der Waals surface area (Å²) in [6, 6.07) is 1.65. The average molecular weight is 257 g/mol. The molecule has 0 aliphatic heterocycles. The highest BCUT2D eigenvalue weighted by molar-refractivity contribution is 6.29. The Morgan fingerprint density at radius 2 is 2.18 bits per heavy atom. The summed E-state index contributed by atoms with van der Waals surface area (Å²) in [5.41, 5.74) is 0. The van der Waals surface area contributed by atoms with E-state index >= 15 is 0 Å². The predicted octanol–water partition coefficient (Wildman–Crippen LogP) is 1.44. The van der Waals surface area contributed by atoms with Gasteiger partial charge in [-0.3, -0.25) is 4.79 Å². The van der Waals surface area contributed by atoms with E-state index in [4.69, 9.17) is 11.6 Å². The van der Waals surface area contributed by atoms with Gasteiger partial charge in [-0.15, -0.1) is 0 Å². The minimum absolute atomic E-state index is 0.0756. The van der Waals surface area contributed by atoms with Crippen LogP contribution in [0.1, 0.15) is 25.6 Å². The second kappa shape index (κ2) is 5.82. The van der Waals surface area contributed by atoms with Crippen LogP contribution >= 0.6 is 11.6 Å². The van der Waals surface area contributed by atoms with Crippen LogP contribution in [0.2, 0.25) is 5.15 Å². The summed E-state index contributed by atoms with van der Waals surface area (Å²) in [5, 5.41) is 2.95. The second-order valence-electron chi connectivity index (χ2n) is 4.09. The van der Waals surface area contributed by atoms with Crippen molar-refractivity contribution in [1.82, 2.24) is 15.3 Å². The van der Waals surface area contributed by atoms with Crippen LogP contribution in [-0.4, -0.2) is 36.5 Å². The lowest BCUT2D eigenvalue weighted by Crippen LogP contribution is -2.33. The topological polar surface area (TPSA) is 58.1 Å². The average Bonchev–Trinajstić information content (AvgIpc) is 2.27. The van der Waals surface area contributed by atoms with E-state index in [9.17, 15) is 4.79 Å². The molecule has 0 saturated heterocycles. The van der Waals surface area contributed by atoms with E-state index in [0.29, 0.717) is 16.8 Å². The Morgan fingerprint density at radius 1 is 1.53 bits per heavy atom. The quantitative estimate of drug-likeness (QED) is 0.828. The number of rotatable bonds is 4. The molecule has 0 aliphatic carbocycles. The molecule has 0 radical (unpaired) electrons. The number of likely N-dealkylation sites (N-methyl/N-ethyl adjacent to an activating group) is 2. The SMILES string of the molecule is CNC(=O)CN(C)c1cc(Cl)nc(C(C)C)n1. The Morgan fingerprint density at radius 3 is 2.71 bits per heavy atom. The first kappa shape index (κ1) is 13.7. The summed E-state index contributed by atoms with van der Waals surface area (Å²) in [6.45, 7) is 4.23. The zero-order valence-electron chi connectivity index (χ0n) is 10.5. The third-order valence-electron chi connectivity index (χ3n) is 2.27. The molecule has 1 N–H and O–H groups in total. The number of hydrogen-bond donors (Lipinski definition) is 1. The molecule has 1 aromatic rings. The Hall–Kier alpha value is -1.36. The van der Waals surface area contributed by atoms with Crippen molar-refractivity contribution < 1.29 is 4.79 Å². The molecule has 1 aromatic heterocycles. The summed E-state index contributed by atoms with van der Waals surface area (Å²) in [5.74, 6) is 1.45. The molecule has 0 aliphatic rings. The minimum atomic E-state index is -0.0756. The Bertz CT molecular complexity index is 408. The number of amides is 1. The number of hydrogen-bond acceptors (Lipinski definition) is 4. The van der Waals surface area contributed by atoms with E-state index in [1.54, 1.807) is 25.1 Å². The first-order chi connectivity index (χ1) is 7.93. The van der Waals surface area contributed by atoms with Crippen molar-refractivity contribution in [3.63, 3.8) is 0 Å². The molecule has 6 heteroatoms. The Labute approximate surface area is 106 Å². The monoisotopic (exact) mass is 256 g/mol. The van der Waals surface area contributed by atoms with Crippen molar-refractivity contribution in [3.05, 3.63) is 17.0 Å². The predicted molar refractivity (Wildman–Crippen MR) is 68.5 cm³/mol. The fourth-order valence-corrected chi connectivity index (χ4v) is 1.44. The Kier molecular flexibility index (Phi) is 4.69. The van der Waals surface area contributed by atoms with Gasteiger partial charge in [-0.25, -0.2) is 9.97 Å². The number of carbonyl (C=O) groups excluding carboxylic acids is 1. The van der Waals surface area contributed by atoms with Gasteiger partial charge >= 0.3 is 0 Å². The third-order valence-corrected chi connectivity index (χ3v) is 2.46. The molecule has 0 fully saturated rings. The highest BCUT2D eigenvalue weighted by Gasteiger charge is 2.12. The van der Waals surface area contributed by atoms with E-state index in [1.807, 2.05) is 13.8 Å². The number of nitrogens with zero attached hydrogens (tertiary/aromatic N) is 3. The van der Waals surface area contributed by atoms with Crippen LogP contribution in [0.25, 0.3) is 0 Å². The summed E-state index contributed by atoms with van der Waals surface area (Å²) < 4.78 is 0. The fraction of sp³-hybridized carbons (Fsp3) is 0.545. The number of carbonyl (C=O) groups is 1.